The molecule has 0 bridgehead atoms. The van der Waals surface area contributed by atoms with Crippen molar-refractivity contribution < 1.29 is 14.3 Å². The van der Waals surface area contributed by atoms with E-state index in [4.69, 9.17) is 9.47 Å². The third-order valence-corrected chi connectivity index (χ3v) is 5.37. The summed E-state index contributed by atoms with van der Waals surface area (Å²) in [5, 5.41) is 2.96. The second-order valence-electron chi connectivity index (χ2n) is 5.48. The van der Waals surface area contributed by atoms with Gasteiger partial charge in [0.15, 0.2) is 11.5 Å². The van der Waals surface area contributed by atoms with Crippen LogP contribution in [0.4, 0.5) is 0 Å². The molecular weight excluding hydrogens is 404 g/mol. The van der Waals surface area contributed by atoms with Gasteiger partial charge in [-0.2, -0.15) is 0 Å². The predicted molar refractivity (Wildman–Crippen MR) is 104 cm³/mol. The fraction of sp³-hybridized carbons (Fsp3) is 0.389. The number of methoxy groups -OCH3 is 2. The summed E-state index contributed by atoms with van der Waals surface area (Å²) in [6, 6.07) is 9.75. The van der Waals surface area contributed by atoms with Gasteiger partial charge in [-0.15, -0.1) is 11.3 Å². The molecular formula is C18H23BrN2O3S. The van der Waals surface area contributed by atoms with E-state index in [9.17, 15) is 4.79 Å². The van der Waals surface area contributed by atoms with Gasteiger partial charge < -0.3 is 14.8 Å². The largest absolute Gasteiger partial charge is 0.493 e. The van der Waals surface area contributed by atoms with E-state index < -0.39 is 0 Å². The molecule has 0 radical (unpaired) electrons. The number of hydrogen-bond donors (Lipinski definition) is 1. The number of likely N-dealkylation sites (N-methyl/N-ethyl adjacent to an activating group) is 1. The fourth-order valence-corrected chi connectivity index (χ4v) is 3.91. The molecule has 0 aliphatic heterocycles. The highest BCUT2D eigenvalue weighted by molar-refractivity contribution is 9.11. The van der Waals surface area contributed by atoms with Crippen LogP contribution in [0.25, 0.3) is 0 Å². The maximum atomic E-state index is 12.2. The Labute approximate surface area is 161 Å². The highest BCUT2D eigenvalue weighted by atomic mass is 79.9. The third-order valence-electron chi connectivity index (χ3n) is 3.76. The second-order valence-corrected chi connectivity index (χ2v) is 8.02. The van der Waals surface area contributed by atoms with Crippen molar-refractivity contribution in [1.29, 1.82) is 0 Å². The SMILES string of the molecule is CCN(CC(=O)NCc1ccc(OC)c(OC)c1)Cc1ccc(Br)s1. The van der Waals surface area contributed by atoms with Crippen molar-refractivity contribution in [3.05, 3.63) is 44.6 Å². The molecule has 0 unspecified atom stereocenters. The Morgan fingerprint density at radius 2 is 1.96 bits per heavy atom. The second kappa shape index (κ2) is 9.79. The number of carbonyl (C=O) groups excluding carboxylic acids is 1. The van der Waals surface area contributed by atoms with E-state index in [0.717, 1.165) is 22.4 Å². The smallest absolute Gasteiger partial charge is 0.234 e. The van der Waals surface area contributed by atoms with Gasteiger partial charge in [-0.25, -0.2) is 0 Å². The molecule has 0 saturated heterocycles. The molecule has 0 atom stereocenters. The van der Waals surface area contributed by atoms with E-state index >= 15 is 0 Å². The number of halogens is 1. The molecule has 1 amide bonds. The van der Waals surface area contributed by atoms with Crippen molar-refractivity contribution >= 4 is 33.2 Å². The molecule has 1 aromatic carbocycles. The Balaban J connectivity index is 1.86. The number of nitrogens with one attached hydrogen (secondary N) is 1. The highest BCUT2D eigenvalue weighted by Crippen LogP contribution is 2.27. The van der Waals surface area contributed by atoms with Gasteiger partial charge >= 0.3 is 0 Å². The number of thiophene rings is 1. The van der Waals surface area contributed by atoms with E-state index in [-0.39, 0.29) is 5.91 Å². The van der Waals surface area contributed by atoms with Crippen LogP contribution in [0.15, 0.2) is 34.1 Å². The summed E-state index contributed by atoms with van der Waals surface area (Å²) in [4.78, 5) is 15.6. The number of hydrogen-bond acceptors (Lipinski definition) is 5. The zero-order chi connectivity index (χ0) is 18.2. The normalized spacial score (nSPS) is 10.8. The van der Waals surface area contributed by atoms with Crippen LogP contribution in [0.1, 0.15) is 17.4 Å². The first-order valence-electron chi connectivity index (χ1n) is 7.99. The molecule has 0 saturated carbocycles. The topological polar surface area (TPSA) is 50.8 Å². The summed E-state index contributed by atoms with van der Waals surface area (Å²) < 4.78 is 11.6. The lowest BCUT2D eigenvalue weighted by Crippen LogP contribution is -2.36. The van der Waals surface area contributed by atoms with Gasteiger partial charge in [0, 0.05) is 18.0 Å². The lowest BCUT2D eigenvalue weighted by atomic mass is 10.2. The van der Waals surface area contributed by atoms with Gasteiger partial charge in [0.05, 0.1) is 24.6 Å². The van der Waals surface area contributed by atoms with Crippen molar-refractivity contribution in [2.45, 2.75) is 20.0 Å². The molecule has 0 spiro atoms. The summed E-state index contributed by atoms with van der Waals surface area (Å²) in [6.07, 6.45) is 0. The molecule has 0 aliphatic rings. The summed E-state index contributed by atoms with van der Waals surface area (Å²) in [7, 11) is 3.20. The Bertz CT molecular complexity index is 705. The number of benzene rings is 1. The molecule has 2 rings (SSSR count). The van der Waals surface area contributed by atoms with Crippen LogP contribution in [0.2, 0.25) is 0 Å². The maximum absolute atomic E-state index is 12.2. The first kappa shape index (κ1) is 19.8. The summed E-state index contributed by atoms with van der Waals surface area (Å²) in [5.41, 5.74) is 0.969. The molecule has 2 aromatic rings. The van der Waals surface area contributed by atoms with Crippen LogP contribution in [0.5, 0.6) is 11.5 Å². The minimum atomic E-state index is 0.00672. The molecule has 0 aliphatic carbocycles. The Morgan fingerprint density at radius 1 is 1.20 bits per heavy atom. The molecule has 1 heterocycles. The average molecular weight is 427 g/mol. The Morgan fingerprint density at radius 3 is 2.56 bits per heavy atom. The summed E-state index contributed by atoms with van der Waals surface area (Å²) in [5.74, 6) is 1.34. The maximum Gasteiger partial charge on any atom is 0.234 e. The molecule has 136 valence electrons. The van der Waals surface area contributed by atoms with Gasteiger partial charge in [0.25, 0.3) is 0 Å². The predicted octanol–water partition coefficient (Wildman–Crippen LogP) is 3.67. The van der Waals surface area contributed by atoms with Crippen LogP contribution < -0.4 is 14.8 Å². The van der Waals surface area contributed by atoms with E-state index in [2.05, 4.69) is 39.1 Å². The lowest BCUT2D eigenvalue weighted by molar-refractivity contribution is -0.122. The summed E-state index contributed by atoms with van der Waals surface area (Å²) in [6.45, 7) is 4.49. The number of carbonyl (C=O) groups is 1. The fourth-order valence-electron chi connectivity index (χ4n) is 2.39. The highest BCUT2D eigenvalue weighted by Gasteiger charge is 2.11. The van der Waals surface area contributed by atoms with Crippen molar-refractivity contribution in [3.8, 4) is 11.5 Å². The minimum Gasteiger partial charge on any atom is -0.493 e. The third kappa shape index (κ3) is 6.02. The molecule has 1 N–H and O–H groups in total. The van der Waals surface area contributed by atoms with Gasteiger partial charge in [-0.1, -0.05) is 13.0 Å². The summed E-state index contributed by atoms with van der Waals surface area (Å²) >= 11 is 5.16. The van der Waals surface area contributed by atoms with E-state index in [0.29, 0.717) is 24.6 Å². The Hall–Kier alpha value is -1.57. The Kier molecular flexibility index (Phi) is 7.74. The van der Waals surface area contributed by atoms with E-state index in [1.807, 2.05) is 24.3 Å². The van der Waals surface area contributed by atoms with Crippen LogP contribution in [0, 0.1) is 0 Å². The van der Waals surface area contributed by atoms with Crippen LogP contribution in [-0.4, -0.2) is 38.1 Å². The zero-order valence-corrected chi connectivity index (χ0v) is 17.1. The van der Waals surface area contributed by atoms with Gasteiger partial charge in [0.1, 0.15) is 0 Å². The quantitative estimate of drug-likeness (QED) is 0.664. The molecule has 25 heavy (non-hydrogen) atoms. The van der Waals surface area contributed by atoms with E-state index in [1.165, 1.54) is 4.88 Å². The van der Waals surface area contributed by atoms with Gasteiger partial charge in [-0.05, 0) is 52.3 Å². The van der Waals surface area contributed by atoms with Crippen LogP contribution >= 0.6 is 27.3 Å². The van der Waals surface area contributed by atoms with Crippen LogP contribution in [0.3, 0.4) is 0 Å². The van der Waals surface area contributed by atoms with Gasteiger partial charge in [0.2, 0.25) is 5.91 Å². The first-order chi connectivity index (χ1) is 12.0. The monoisotopic (exact) mass is 426 g/mol. The molecule has 1 aromatic heterocycles. The van der Waals surface area contributed by atoms with Crippen molar-refractivity contribution in [3.63, 3.8) is 0 Å². The number of nitrogens with zero attached hydrogens (tertiary/aromatic N) is 1. The molecule has 7 heteroatoms. The minimum absolute atomic E-state index is 0.00672. The molecule has 0 fully saturated rings. The van der Waals surface area contributed by atoms with Crippen molar-refractivity contribution in [2.24, 2.45) is 0 Å². The van der Waals surface area contributed by atoms with Crippen LogP contribution in [-0.2, 0) is 17.9 Å². The number of ether oxygens (including phenoxy) is 2. The number of amides is 1. The zero-order valence-electron chi connectivity index (χ0n) is 14.7. The van der Waals surface area contributed by atoms with Crippen molar-refractivity contribution in [1.82, 2.24) is 10.2 Å². The standard InChI is InChI=1S/C18H23BrN2O3S/c1-4-21(11-14-6-8-17(19)25-14)12-18(22)20-10-13-5-7-15(23-2)16(9-13)24-3/h5-9H,4,10-12H2,1-3H3,(H,20,22). The number of rotatable bonds is 9. The lowest BCUT2D eigenvalue weighted by Gasteiger charge is -2.19. The van der Waals surface area contributed by atoms with E-state index in [1.54, 1.807) is 25.6 Å². The first-order valence-corrected chi connectivity index (χ1v) is 9.60. The molecule has 5 nitrogen and oxygen atoms in total. The average Bonchev–Trinajstić information content (AvgIpc) is 3.03. The van der Waals surface area contributed by atoms with Crippen molar-refractivity contribution in [2.75, 3.05) is 27.3 Å². The van der Waals surface area contributed by atoms with Gasteiger partial charge in [-0.3, -0.25) is 9.69 Å².